The van der Waals surface area contributed by atoms with Gasteiger partial charge in [0.05, 0.1) is 0 Å². The number of nitrogens with one attached hydrogen (secondary N) is 1. The zero-order valence-corrected chi connectivity index (χ0v) is 13.0. The van der Waals surface area contributed by atoms with E-state index in [-0.39, 0.29) is 0 Å². The molecule has 0 unspecified atom stereocenters. The van der Waals surface area contributed by atoms with Crippen LogP contribution in [-0.2, 0) is 6.54 Å². The molecule has 98 valence electrons. The molecular formula is C15H20BrNO. The van der Waals surface area contributed by atoms with Gasteiger partial charge in [-0.3, -0.25) is 0 Å². The van der Waals surface area contributed by atoms with Crippen molar-refractivity contribution in [3.63, 3.8) is 0 Å². The molecule has 0 aliphatic heterocycles. The molecule has 1 aromatic carbocycles. The minimum Gasteiger partial charge on any atom is -0.480 e. The number of hydrogen-bond acceptors (Lipinski definition) is 2. The van der Waals surface area contributed by atoms with E-state index in [1.54, 1.807) is 0 Å². The van der Waals surface area contributed by atoms with Gasteiger partial charge in [0.2, 0.25) is 0 Å². The van der Waals surface area contributed by atoms with Crippen LogP contribution in [0.5, 0.6) is 5.75 Å². The molecular weight excluding hydrogens is 290 g/mol. The molecule has 1 aromatic rings. The van der Waals surface area contributed by atoms with Gasteiger partial charge in [-0.1, -0.05) is 35.7 Å². The van der Waals surface area contributed by atoms with Crippen LogP contribution in [0.4, 0.5) is 0 Å². The van der Waals surface area contributed by atoms with Gasteiger partial charge in [-0.05, 0) is 31.5 Å². The molecule has 1 N–H and O–H groups in total. The number of hydrogen-bond donors (Lipinski definition) is 1. The second kappa shape index (κ2) is 7.45. The fourth-order valence-corrected chi connectivity index (χ4v) is 2.25. The molecule has 0 radical (unpaired) electrons. The van der Waals surface area contributed by atoms with Crippen LogP contribution in [-0.4, -0.2) is 12.6 Å². The molecule has 2 nitrogen and oxygen atoms in total. The minimum atomic E-state index is 0.438. The number of halogens is 1. The Kier molecular flexibility index (Phi) is 6.24. The lowest BCUT2D eigenvalue weighted by molar-refractivity contribution is 0.361. The predicted molar refractivity (Wildman–Crippen MR) is 79.8 cm³/mol. The number of benzene rings is 1. The molecule has 0 aliphatic carbocycles. The normalized spacial score (nSPS) is 10.1. The molecule has 0 aliphatic rings. The molecule has 0 atom stereocenters. The van der Waals surface area contributed by atoms with E-state index < -0.39 is 0 Å². The third kappa shape index (κ3) is 4.72. The summed E-state index contributed by atoms with van der Waals surface area (Å²) in [6.07, 6.45) is 0. The molecule has 0 heterocycles. The first-order chi connectivity index (χ1) is 8.54. The summed E-state index contributed by atoms with van der Waals surface area (Å²) in [5.74, 6) is 6.70. The van der Waals surface area contributed by atoms with E-state index in [2.05, 4.69) is 66.0 Å². The molecule has 0 aromatic heterocycles. The van der Waals surface area contributed by atoms with Crippen molar-refractivity contribution in [2.45, 2.75) is 40.3 Å². The Bertz CT molecular complexity index is 458. The first-order valence-corrected chi connectivity index (χ1v) is 6.88. The molecule has 0 bridgehead atoms. The number of aryl methyl sites for hydroxylation is 1. The highest BCUT2D eigenvalue weighted by atomic mass is 79.9. The summed E-state index contributed by atoms with van der Waals surface area (Å²) in [6, 6.07) is 4.61. The predicted octanol–water partition coefficient (Wildman–Crippen LogP) is 3.66. The van der Waals surface area contributed by atoms with Crippen LogP contribution in [0, 0.1) is 18.8 Å². The van der Waals surface area contributed by atoms with E-state index >= 15 is 0 Å². The molecule has 0 amide bonds. The Morgan fingerprint density at radius 2 is 2.11 bits per heavy atom. The highest BCUT2D eigenvalue weighted by molar-refractivity contribution is 9.10. The van der Waals surface area contributed by atoms with Gasteiger partial charge in [-0.2, -0.15) is 0 Å². The Morgan fingerprint density at radius 1 is 1.39 bits per heavy atom. The third-order valence-electron chi connectivity index (χ3n) is 2.48. The molecule has 1 rings (SSSR count). The lowest BCUT2D eigenvalue weighted by Gasteiger charge is -2.15. The molecule has 0 spiro atoms. The van der Waals surface area contributed by atoms with Crippen LogP contribution in [0.25, 0.3) is 0 Å². The number of ether oxygens (including phenoxy) is 1. The zero-order chi connectivity index (χ0) is 13.5. The van der Waals surface area contributed by atoms with Crippen molar-refractivity contribution in [3.05, 3.63) is 27.7 Å². The quantitative estimate of drug-likeness (QED) is 0.838. The van der Waals surface area contributed by atoms with Crippen molar-refractivity contribution >= 4 is 15.9 Å². The average molecular weight is 310 g/mol. The van der Waals surface area contributed by atoms with Crippen LogP contribution >= 0.6 is 15.9 Å². The fraction of sp³-hybridized carbons (Fsp3) is 0.467. The largest absolute Gasteiger partial charge is 0.480 e. The SMILES string of the molecule is CC#CCOc1c(C)cc(Br)cc1CNC(C)C. The van der Waals surface area contributed by atoms with E-state index in [1.807, 2.05) is 6.92 Å². The van der Waals surface area contributed by atoms with Gasteiger partial charge in [0.1, 0.15) is 12.4 Å². The lowest BCUT2D eigenvalue weighted by Crippen LogP contribution is -2.22. The smallest absolute Gasteiger partial charge is 0.149 e. The molecule has 3 heteroatoms. The third-order valence-corrected chi connectivity index (χ3v) is 2.94. The highest BCUT2D eigenvalue weighted by Gasteiger charge is 2.09. The topological polar surface area (TPSA) is 21.3 Å². The van der Waals surface area contributed by atoms with Crippen LogP contribution in [0.1, 0.15) is 31.9 Å². The first kappa shape index (κ1) is 15.1. The van der Waals surface area contributed by atoms with E-state index in [1.165, 1.54) is 0 Å². The average Bonchev–Trinajstić information content (AvgIpc) is 2.29. The lowest BCUT2D eigenvalue weighted by atomic mass is 10.1. The van der Waals surface area contributed by atoms with Crippen LogP contribution in [0.2, 0.25) is 0 Å². The standard InChI is InChI=1S/C15H20BrNO/c1-5-6-7-18-15-12(4)8-14(16)9-13(15)10-17-11(2)3/h8-9,11,17H,7,10H2,1-4H3. The fourth-order valence-electron chi connectivity index (χ4n) is 1.63. The summed E-state index contributed by atoms with van der Waals surface area (Å²) in [6.45, 7) is 9.37. The van der Waals surface area contributed by atoms with E-state index in [0.29, 0.717) is 12.6 Å². The highest BCUT2D eigenvalue weighted by Crippen LogP contribution is 2.28. The van der Waals surface area contributed by atoms with Gasteiger partial charge in [0.25, 0.3) is 0 Å². The van der Waals surface area contributed by atoms with Crippen molar-refractivity contribution in [2.75, 3.05) is 6.61 Å². The van der Waals surface area contributed by atoms with Crippen LogP contribution < -0.4 is 10.1 Å². The van der Waals surface area contributed by atoms with Gasteiger partial charge >= 0.3 is 0 Å². The Labute approximate surface area is 118 Å². The second-order valence-corrected chi connectivity index (χ2v) is 5.38. The summed E-state index contributed by atoms with van der Waals surface area (Å²) in [5.41, 5.74) is 2.29. The zero-order valence-electron chi connectivity index (χ0n) is 11.4. The summed E-state index contributed by atoms with van der Waals surface area (Å²) < 4.78 is 6.84. The maximum absolute atomic E-state index is 5.76. The van der Waals surface area contributed by atoms with E-state index in [4.69, 9.17) is 4.74 Å². The maximum Gasteiger partial charge on any atom is 0.149 e. The molecule has 18 heavy (non-hydrogen) atoms. The Hall–Kier alpha value is -0.980. The van der Waals surface area contributed by atoms with Gasteiger partial charge in [-0.15, -0.1) is 5.92 Å². The van der Waals surface area contributed by atoms with Crippen molar-refractivity contribution in [3.8, 4) is 17.6 Å². The summed E-state index contributed by atoms with van der Waals surface area (Å²) >= 11 is 3.52. The monoisotopic (exact) mass is 309 g/mol. The summed E-state index contributed by atoms with van der Waals surface area (Å²) in [7, 11) is 0. The number of rotatable bonds is 5. The van der Waals surface area contributed by atoms with Crippen LogP contribution in [0.3, 0.4) is 0 Å². The maximum atomic E-state index is 5.76. The van der Waals surface area contributed by atoms with Gasteiger partial charge in [0, 0.05) is 22.6 Å². The summed E-state index contributed by atoms with van der Waals surface area (Å²) in [5, 5.41) is 3.41. The van der Waals surface area contributed by atoms with E-state index in [0.717, 1.165) is 27.9 Å². The van der Waals surface area contributed by atoms with Gasteiger partial charge in [0.15, 0.2) is 0 Å². The Balaban J connectivity index is 2.91. The van der Waals surface area contributed by atoms with Crippen LogP contribution in [0.15, 0.2) is 16.6 Å². The molecule has 0 saturated carbocycles. The summed E-state index contributed by atoms with van der Waals surface area (Å²) in [4.78, 5) is 0. The van der Waals surface area contributed by atoms with Crippen molar-refractivity contribution in [2.24, 2.45) is 0 Å². The Morgan fingerprint density at radius 3 is 2.72 bits per heavy atom. The van der Waals surface area contributed by atoms with E-state index in [9.17, 15) is 0 Å². The van der Waals surface area contributed by atoms with Gasteiger partial charge < -0.3 is 10.1 Å². The minimum absolute atomic E-state index is 0.438. The first-order valence-electron chi connectivity index (χ1n) is 6.09. The molecule has 0 saturated heterocycles. The molecule has 0 fully saturated rings. The van der Waals surface area contributed by atoms with Crippen molar-refractivity contribution in [1.29, 1.82) is 0 Å². The second-order valence-electron chi connectivity index (χ2n) is 4.46. The van der Waals surface area contributed by atoms with Crippen molar-refractivity contribution < 1.29 is 4.74 Å². The van der Waals surface area contributed by atoms with Gasteiger partial charge in [-0.25, -0.2) is 0 Å². The van der Waals surface area contributed by atoms with Crippen molar-refractivity contribution in [1.82, 2.24) is 5.32 Å².